The van der Waals surface area contributed by atoms with Gasteiger partial charge in [0.25, 0.3) is 0 Å². The second-order valence-electron chi connectivity index (χ2n) is 2.25. The number of hydrogen-bond donors (Lipinski definition) is 1. The maximum atomic E-state index is 9.11. The van der Waals surface area contributed by atoms with Crippen molar-refractivity contribution in [1.82, 2.24) is 4.90 Å². The van der Waals surface area contributed by atoms with Gasteiger partial charge in [0.15, 0.2) is 0 Å². The zero-order valence-electron chi connectivity index (χ0n) is 5.30. The SMILES string of the molecule is CCN1CCC[C@@H]1O. The minimum absolute atomic E-state index is 0.139. The molecule has 0 aromatic rings. The summed E-state index contributed by atoms with van der Waals surface area (Å²) in [6, 6.07) is 0. The van der Waals surface area contributed by atoms with E-state index < -0.39 is 0 Å². The summed E-state index contributed by atoms with van der Waals surface area (Å²) in [6.45, 7) is 4.15. The van der Waals surface area contributed by atoms with Gasteiger partial charge in [0, 0.05) is 6.54 Å². The molecule has 8 heavy (non-hydrogen) atoms. The molecule has 0 saturated carbocycles. The van der Waals surface area contributed by atoms with Gasteiger partial charge < -0.3 is 5.11 Å². The highest BCUT2D eigenvalue weighted by Crippen LogP contribution is 2.12. The topological polar surface area (TPSA) is 23.5 Å². The van der Waals surface area contributed by atoms with Crippen LogP contribution in [0.5, 0.6) is 0 Å². The van der Waals surface area contributed by atoms with Crippen molar-refractivity contribution in [2.45, 2.75) is 26.0 Å². The lowest BCUT2D eigenvalue weighted by Crippen LogP contribution is -2.28. The van der Waals surface area contributed by atoms with Crippen molar-refractivity contribution in [3.05, 3.63) is 0 Å². The van der Waals surface area contributed by atoms with Crippen LogP contribution in [-0.2, 0) is 0 Å². The van der Waals surface area contributed by atoms with Crippen LogP contribution in [0.2, 0.25) is 0 Å². The van der Waals surface area contributed by atoms with Crippen LogP contribution in [0.3, 0.4) is 0 Å². The summed E-state index contributed by atoms with van der Waals surface area (Å²) in [6.07, 6.45) is 1.99. The lowest BCUT2D eigenvalue weighted by Gasteiger charge is -2.15. The Morgan fingerprint density at radius 2 is 2.50 bits per heavy atom. The van der Waals surface area contributed by atoms with Crippen molar-refractivity contribution in [2.24, 2.45) is 0 Å². The molecule has 48 valence electrons. The Morgan fingerprint density at radius 1 is 1.75 bits per heavy atom. The summed E-state index contributed by atoms with van der Waals surface area (Å²) in [5.74, 6) is 0. The molecule has 1 saturated heterocycles. The minimum Gasteiger partial charge on any atom is -0.378 e. The van der Waals surface area contributed by atoms with Gasteiger partial charge in [-0.25, -0.2) is 0 Å². The summed E-state index contributed by atoms with van der Waals surface area (Å²) < 4.78 is 0. The molecule has 0 aliphatic carbocycles. The van der Waals surface area contributed by atoms with E-state index in [0.29, 0.717) is 0 Å². The lowest BCUT2D eigenvalue weighted by molar-refractivity contribution is 0.0422. The van der Waals surface area contributed by atoms with Crippen molar-refractivity contribution in [1.29, 1.82) is 0 Å². The molecule has 1 rings (SSSR count). The van der Waals surface area contributed by atoms with E-state index in [0.717, 1.165) is 25.9 Å². The second kappa shape index (κ2) is 2.46. The molecular formula is C6H13NO. The van der Waals surface area contributed by atoms with Crippen LogP contribution in [-0.4, -0.2) is 29.3 Å². The van der Waals surface area contributed by atoms with Gasteiger partial charge in [-0.2, -0.15) is 0 Å². The number of likely N-dealkylation sites (tertiary alicyclic amines) is 1. The Labute approximate surface area is 50.1 Å². The van der Waals surface area contributed by atoms with E-state index in [-0.39, 0.29) is 6.23 Å². The predicted octanol–water partition coefficient (Wildman–Crippen LogP) is 0.420. The Bertz CT molecular complexity index is 74.9. The van der Waals surface area contributed by atoms with Crippen LogP contribution >= 0.6 is 0 Å². The molecule has 1 atom stereocenters. The quantitative estimate of drug-likeness (QED) is 0.535. The van der Waals surface area contributed by atoms with Crippen molar-refractivity contribution >= 4 is 0 Å². The van der Waals surface area contributed by atoms with Gasteiger partial charge in [-0.1, -0.05) is 6.92 Å². The van der Waals surface area contributed by atoms with Crippen molar-refractivity contribution in [3.8, 4) is 0 Å². The fraction of sp³-hybridized carbons (Fsp3) is 1.00. The average molecular weight is 115 g/mol. The first-order valence-electron chi connectivity index (χ1n) is 3.26. The van der Waals surface area contributed by atoms with Crippen LogP contribution in [0, 0.1) is 0 Å². The van der Waals surface area contributed by atoms with E-state index >= 15 is 0 Å². The molecule has 0 aromatic heterocycles. The molecule has 0 unspecified atom stereocenters. The molecule has 1 heterocycles. The Balaban J connectivity index is 2.30. The summed E-state index contributed by atoms with van der Waals surface area (Å²) in [5, 5.41) is 9.11. The molecule has 2 heteroatoms. The number of nitrogens with zero attached hydrogens (tertiary/aromatic N) is 1. The van der Waals surface area contributed by atoms with Gasteiger partial charge in [0.05, 0.1) is 0 Å². The molecule has 1 aliphatic heterocycles. The molecule has 1 N–H and O–H groups in total. The number of aliphatic hydroxyl groups excluding tert-OH is 1. The normalized spacial score (nSPS) is 31.5. The molecule has 0 aromatic carbocycles. The third-order valence-electron chi connectivity index (χ3n) is 1.74. The molecule has 0 bridgehead atoms. The number of hydrogen-bond acceptors (Lipinski definition) is 2. The van der Waals surface area contributed by atoms with Crippen molar-refractivity contribution in [3.63, 3.8) is 0 Å². The first-order chi connectivity index (χ1) is 3.84. The molecule has 2 nitrogen and oxygen atoms in total. The van der Waals surface area contributed by atoms with Crippen molar-refractivity contribution < 1.29 is 5.11 Å². The van der Waals surface area contributed by atoms with Crippen LogP contribution < -0.4 is 0 Å². The summed E-state index contributed by atoms with van der Waals surface area (Å²) in [7, 11) is 0. The molecule has 0 amide bonds. The molecule has 1 fully saturated rings. The third kappa shape index (κ3) is 1.01. The third-order valence-corrected chi connectivity index (χ3v) is 1.74. The van der Waals surface area contributed by atoms with E-state index in [1.807, 2.05) is 0 Å². The first-order valence-corrected chi connectivity index (χ1v) is 3.26. The highest BCUT2D eigenvalue weighted by molar-refractivity contribution is 4.67. The van der Waals surface area contributed by atoms with Crippen LogP contribution in [0.4, 0.5) is 0 Å². The van der Waals surface area contributed by atoms with E-state index in [2.05, 4.69) is 11.8 Å². The van der Waals surface area contributed by atoms with E-state index in [1.54, 1.807) is 0 Å². The molecule has 0 spiro atoms. The lowest BCUT2D eigenvalue weighted by atomic mass is 10.4. The van der Waals surface area contributed by atoms with E-state index in [4.69, 9.17) is 5.11 Å². The van der Waals surface area contributed by atoms with Gasteiger partial charge in [0.2, 0.25) is 0 Å². The summed E-state index contributed by atoms with van der Waals surface area (Å²) in [5.41, 5.74) is 0. The van der Waals surface area contributed by atoms with Gasteiger partial charge in [0.1, 0.15) is 6.23 Å². The Morgan fingerprint density at radius 3 is 2.75 bits per heavy atom. The number of aliphatic hydroxyl groups is 1. The fourth-order valence-electron chi connectivity index (χ4n) is 1.18. The maximum Gasteiger partial charge on any atom is 0.107 e. The predicted molar refractivity (Wildman–Crippen MR) is 32.5 cm³/mol. The zero-order chi connectivity index (χ0) is 5.98. The van der Waals surface area contributed by atoms with Gasteiger partial charge in [-0.15, -0.1) is 0 Å². The molecular weight excluding hydrogens is 102 g/mol. The van der Waals surface area contributed by atoms with Crippen molar-refractivity contribution in [2.75, 3.05) is 13.1 Å². The smallest absolute Gasteiger partial charge is 0.107 e. The van der Waals surface area contributed by atoms with Gasteiger partial charge in [-0.3, -0.25) is 4.90 Å². The standard InChI is InChI=1S/C6H13NO/c1-2-7-5-3-4-6(7)8/h6,8H,2-5H2,1H3/t6-/m0/s1. The van der Waals surface area contributed by atoms with Gasteiger partial charge in [-0.05, 0) is 19.4 Å². The van der Waals surface area contributed by atoms with Crippen LogP contribution in [0.25, 0.3) is 0 Å². The van der Waals surface area contributed by atoms with Crippen LogP contribution in [0.1, 0.15) is 19.8 Å². The fourth-order valence-corrected chi connectivity index (χ4v) is 1.18. The summed E-state index contributed by atoms with van der Waals surface area (Å²) in [4.78, 5) is 2.08. The number of rotatable bonds is 1. The zero-order valence-corrected chi connectivity index (χ0v) is 5.30. The average Bonchev–Trinajstić information content (AvgIpc) is 2.14. The van der Waals surface area contributed by atoms with Gasteiger partial charge >= 0.3 is 0 Å². The monoisotopic (exact) mass is 115 g/mol. The molecule has 1 aliphatic rings. The highest BCUT2D eigenvalue weighted by atomic mass is 16.3. The largest absolute Gasteiger partial charge is 0.378 e. The highest BCUT2D eigenvalue weighted by Gasteiger charge is 2.18. The second-order valence-corrected chi connectivity index (χ2v) is 2.25. The maximum absolute atomic E-state index is 9.11. The van der Waals surface area contributed by atoms with Crippen LogP contribution in [0.15, 0.2) is 0 Å². The van der Waals surface area contributed by atoms with E-state index in [9.17, 15) is 0 Å². The summed E-state index contributed by atoms with van der Waals surface area (Å²) >= 11 is 0. The first kappa shape index (κ1) is 6.05. The Kier molecular flexibility index (Phi) is 1.86. The minimum atomic E-state index is -0.139. The van der Waals surface area contributed by atoms with E-state index in [1.165, 1.54) is 0 Å². The Hall–Kier alpha value is -0.0800. The molecule has 0 radical (unpaired) electrons.